The first kappa shape index (κ1) is 19.1. The lowest BCUT2D eigenvalue weighted by atomic mass is 9.72. The Labute approximate surface area is 148 Å². The van der Waals surface area contributed by atoms with Crippen LogP contribution in [-0.2, 0) is 24.5 Å². The normalized spacial score (nSPS) is 20.2. The van der Waals surface area contributed by atoms with Crippen molar-refractivity contribution in [3.63, 3.8) is 0 Å². The highest BCUT2D eigenvalue weighted by atomic mass is 16.5. The van der Waals surface area contributed by atoms with Crippen molar-refractivity contribution in [3.8, 4) is 0 Å². The Morgan fingerprint density at radius 2 is 1.96 bits per heavy atom. The molecule has 0 radical (unpaired) electrons. The van der Waals surface area contributed by atoms with Crippen LogP contribution in [-0.4, -0.2) is 30.9 Å². The summed E-state index contributed by atoms with van der Waals surface area (Å²) in [6.45, 7) is 5.10. The van der Waals surface area contributed by atoms with E-state index < -0.39 is 5.41 Å². The fourth-order valence-electron chi connectivity index (χ4n) is 3.14. The van der Waals surface area contributed by atoms with Crippen molar-refractivity contribution in [2.45, 2.75) is 51.4 Å². The summed E-state index contributed by atoms with van der Waals surface area (Å²) in [4.78, 5) is 35.7. The van der Waals surface area contributed by atoms with Crippen LogP contribution in [0.2, 0.25) is 0 Å². The number of benzene rings is 1. The van der Waals surface area contributed by atoms with Crippen molar-refractivity contribution >= 4 is 23.4 Å². The fraction of sp³-hybridized carbons (Fsp3) is 0.526. The molecule has 1 aliphatic rings. The molecule has 1 saturated heterocycles. The summed E-state index contributed by atoms with van der Waals surface area (Å²) < 4.78 is 5.22. The van der Waals surface area contributed by atoms with Gasteiger partial charge < -0.3 is 10.1 Å². The Morgan fingerprint density at radius 1 is 1.24 bits per heavy atom. The molecule has 1 unspecified atom stereocenters. The fourth-order valence-corrected chi connectivity index (χ4v) is 3.14. The van der Waals surface area contributed by atoms with E-state index in [0.29, 0.717) is 51.0 Å². The lowest BCUT2D eigenvalue weighted by molar-refractivity contribution is -0.138. The topological polar surface area (TPSA) is 84.5 Å². The van der Waals surface area contributed by atoms with Crippen LogP contribution in [0.1, 0.15) is 51.5 Å². The van der Waals surface area contributed by atoms with E-state index in [1.165, 1.54) is 0 Å². The van der Waals surface area contributed by atoms with Crippen molar-refractivity contribution in [2.24, 2.45) is 0 Å². The molecule has 0 aromatic heterocycles. The first-order valence-corrected chi connectivity index (χ1v) is 8.84. The zero-order valence-corrected chi connectivity index (χ0v) is 14.9. The van der Waals surface area contributed by atoms with E-state index in [1.807, 2.05) is 26.0 Å². The van der Waals surface area contributed by atoms with Gasteiger partial charge in [-0.05, 0) is 43.9 Å². The highest BCUT2D eigenvalue weighted by Crippen LogP contribution is 2.36. The average Bonchev–Trinajstić information content (AvgIpc) is 2.60. The molecule has 3 amide bonds. The van der Waals surface area contributed by atoms with Crippen LogP contribution in [0.5, 0.6) is 0 Å². The van der Waals surface area contributed by atoms with Crippen LogP contribution in [0.25, 0.3) is 0 Å². The molecule has 1 aromatic carbocycles. The molecule has 0 saturated carbocycles. The number of hydrogen-bond donors (Lipinski definition) is 2. The molecule has 6 heteroatoms. The zero-order chi connectivity index (χ0) is 18.3. The minimum Gasteiger partial charge on any atom is -0.382 e. The molecule has 1 atom stereocenters. The van der Waals surface area contributed by atoms with Crippen LogP contribution >= 0.6 is 0 Å². The van der Waals surface area contributed by atoms with Gasteiger partial charge in [0, 0.05) is 31.7 Å². The van der Waals surface area contributed by atoms with Gasteiger partial charge in [-0.2, -0.15) is 0 Å². The number of imide groups is 1. The second-order valence-corrected chi connectivity index (χ2v) is 6.24. The van der Waals surface area contributed by atoms with Gasteiger partial charge in [0.2, 0.25) is 17.7 Å². The summed E-state index contributed by atoms with van der Waals surface area (Å²) in [6.07, 6.45) is 2.57. The summed E-state index contributed by atoms with van der Waals surface area (Å²) >= 11 is 0. The molecule has 2 N–H and O–H groups in total. The second kappa shape index (κ2) is 8.76. The highest BCUT2D eigenvalue weighted by molar-refractivity contribution is 6.03. The number of carbonyl (C=O) groups excluding carboxylic acids is 3. The Kier molecular flexibility index (Phi) is 6.70. The number of hydrogen-bond acceptors (Lipinski definition) is 4. The first-order chi connectivity index (χ1) is 12.0. The molecule has 1 aromatic rings. The number of carbonyl (C=O) groups is 3. The van der Waals surface area contributed by atoms with Gasteiger partial charge in [-0.25, -0.2) is 0 Å². The molecule has 1 fully saturated rings. The molecule has 0 aliphatic carbocycles. The molecule has 0 bridgehead atoms. The standard InChI is InChI=1S/C19H26N2O4/c1-3-19(12-11-17(23)21-18(19)24)14-7-9-15(10-8-14)20-16(22)6-5-13-25-4-2/h7-10H,3-6,11-13H2,1-2H3,(H,20,22)(H,21,23,24). The Balaban J connectivity index is 2.00. The third-order valence-electron chi connectivity index (χ3n) is 4.69. The van der Waals surface area contributed by atoms with Crippen molar-refractivity contribution in [3.05, 3.63) is 29.8 Å². The molecule has 2 rings (SSSR count). The third kappa shape index (κ3) is 4.66. The largest absolute Gasteiger partial charge is 0.382 e. The molecule has 0 spiro atoms. The van der Waals surface area contributed by atoms with E-state index in [0.717, 1.165) is 5.56 Å². The minimum atomic E-state index is -0.673. The average molecular weight is 346 g/mol. The number of piperidine rings is 1. The van der Waals surface area contributed by atoms with Crippen molar-refractivity contribution < 1.29 is 19.1 Å². The summed E-state index contributed by atoms with van der Waals surface area (Å²) in [7, 11) is 0. The van der Waals surface area contributed by atoms with E-state index in [9.17, 15) is 14.4 Å². The predicted molar refractivity (Wildman–Crippen MR) is 95.2 cm³/mol. The quantitative estimate of drug-likeness (QED) is 0.559. The minimum absolute atomic E-state index is 0.0568. The van der Waals surface area contributed by atoms with Crippen molar-refractivity contribution in [2.75, 3.05) is 18.5 Å². The highest BCUT2D eigenvalue weighted by Gasteiger charge is 2.42. The van der Waals surface area contributed by atoms with Gasteiger partial charge in [-0.1, -0.05) is 19.1 Å². The number of amides is 3. The molecule has 6 nitrogen and oxygen atoms in total. The number of rotatable bonds is 8. The molecule has 25 heavy (non-hydrogen) atoms. The van der Waals surface area contributed by atoms with Crippen molar-refractivity contribution in [1.82, 2.24) is 5.32 Å². The smallest absolute Gasteiger partial charge is 0.237 e. The first-order valence-electron chi connectivity index (χ1n) is 8.84. The monoisotopic (exact) mass is 346 g/mol. The third-order valence-corrected chi connectivity index (χ3v) is 4.69. The number of nitrogens with one attached hydrogen (secondary N) is 2. The maximum absolute atomic E-state index is 12.4. The molecule has 136 valence electrons. The summed E-state index contributed by atoms with van der Waals surface area (Å²) in [5, 5.41) is 5.29. The van der Waals surface area contributed by atoms with Crippen LogP contribution in [0.15, 0.2) is 24.3 Å². The van der Waals surface area contributed by atoms with Crippen LogP contribution in [0.4, 0.5) is 5.69 Å². The van der Waals surface area contributed by atoms with Gasteiger partial charge in [0.25, 0.3) is 0 Å². The van der Waals surface area contributed by atoms with E-state index in [2.05, 4.69) is 10.6 Å². The Morgan fingerprint density at radius 3 is 2.56 bits per heavy atom. The van der Waals surface area contributed by atoms with Gasteiger partial charge in [0.05, 0.1) is 5.41 Å². The number of anilines is 1. The van der Waals surface area contributed by atoms with E-state index in [4.69, 9.17) is 4.74 Å². The Bertz CT molecular complexity index is 627. The van der Waals surface area contributed by atoms with Crippen molar-refractivity contribution in [1.29, 1.82) is 0 Å². The summed E-state index contributed by atoms with van der Waals surface area (Å²) in [5.74, 6) is -0.511. The van der Waals surface area contributed by atoms with Gasteiger partial charge in [0.15, 0.2) is 0 Å². The maximum atomic E-state index is 12.4. The zero-order valence-electron chi connectivity index (χ0n) is 14.9. The van der Waals surface area contributed by atoms with Gasteiger partial charge >= 0.3 is 0 Å². The van der Waals surface area contributed by atoms with E-state index >= 15 is 0 Å². The molecule has 1 heterocycles. The second-order valence-electron chi connectivity index (χ2n) is 6.24. The van der Waals surface area contributed by atoms with Crippen LogP contribution < -0.4 is 10.6 Å². The molecule has 1 aliphatic heterocycles. The predicted octanol–water partition coefficient (Wildman–Crippen LogP) is 2.53. The van der Waals surface area contributed by atoms with Gasteiger partial charge in [-0.15, -0.1) is 0 Å². The molecular formula is C19H26N2O4. The number of ether oxygens (including phenoxy) is 1. The van der Waals surface area contributed by atoms with Gasteiger partial charge in [0.1, 0.15) is 0 Å². The SMILES string of the molecule is CCOCCCC(=O)Nc1ccc(C2(CC)CCC(=O)NC2=O)cc1. The van der Waals surface area contributed by atoms with E-state index in [-0.39, 0.29) is 17.7 Å². The Hall–Kier alpha value is -2.21. The summed E-state index contributed by atoms with van der Waals surface area (Å²) in [6, 6.07) is 7.32. The lowest BCUT2D eigenvalue weighted by Gasteiger charge is -2.35. The molecular weight excluding hydrogens is 320 g/mol. The maximum Gasteiger partial charge on any atom is 0.237 e. The summed E-state index contributed by atoms with van der Waals surface area (Å²) in [5.41, 5.74) is 0.895. The van der Waals surface area contributed by atoms with E-state index in [1.54, 1.807) is 12.1 Å². The van der Waals surface area contributed by atoms with Crippen LogP contribution in [0, 0.1) is 0 Å². The van der Waals surface area contributed by atoms with Crippen LogP contribution in [0.3, 0.4) is 0 Å². The van der Waals surface area contributed by atoms with Gasteiger partial charge in [-0.3, -0.25) is 19.7 Å². The lowest BCUT2D eigenvalue weighted by Crippen LogP contribution is -2.51.